The molecule has 0 aromatic rings. The van der Waals surface area contributed by atoms with E-state index < -0.39 is 18.3 Å². The Morgan fingerprint density at radius 1 is 1.56 bits per heavy atom. The largest absolute Gasteiger partial charge is 0.270 e. The molecule has 0 N–H and O–H groups in total. The Morgan fingerprint density at radius 2 is 2.22 bits per heavy atom. The molecule has 1 aliphatic rings. The zero-order valence-electron chi connectivity index (χ0n) is 5.20. The van der Waals surface area contributed by atoms with E-state index in [4.69, 9.17) is 3.97 Å². The molecule has 1 rings (SSSR count). The normalized spacial score (nSPS) is 34.1. The second-order valence-corrected chi connectivity index (χ2v) is 5.86. The van der Waals surface area contributed by atoms with Crippen LogP contribution >= 0.6 is 8.15 Å². The molecule has 0 saturated carbocycles. The molecule has 1 heterocycles. The van der Waals surface area contributed by atoms with Crippen molar-refractivity contribution in [1.29, 1.82) is 0 Å². The number of rotatable bonds is 0. The molecular weight excluding hydrogens is 159 g/mol. The van der Waals surface area contributed by atoms with Gasteiger partial charge in [0.05, 0.1) is 5.75 Å². The van der Waals surface area contributed by atoms with Crippen molar-refractivity contribution in [1.82, 2.24) is 0 Å². The predicted octanol–water partition coefficient (Wildman–Crippen LogP) is 0.763. The second kappa shape index (κ2) is 2.52. The Kier molecular flexibility index (Phi) is 2.09. The van der Waals surface area contributed by atoms with Crippen LogP contribution in [0.15, 0.2) is 0 Å². The minimum Gasteiger partial charge on any atom is -0.248 e. The van der Waals surface area contributed by atoms with Crippen LogP contribution in [0.1, 0.15) is 6.42 Å². The first-order valence-corrected chi connectivity index (χ1v) is 6.20. The first-order chi connectivity index (χ1) is 4.10. The molecule has 3 nitrogen and oxygen atoms in total. The van der Waals surface area contributed by atoms with Gasteiger partial charge in [0.15, 0.2) is 0 Å². The Balaban J connectivity index is 2.62. The van der Waals surface area contributed by atoms with E-state index in [1.807, 2.05) is 6.66 Å². The molecule has 0 amide bonds. The summed E-state index contributed by atoms with van der Waals surface area (Å²) in [6.07, 6.45) is 1.69. The van der Waals surface area contributed by atoms with Gasteiger partial charge in [-0.1, -0.05) is 0 Å². The summed E-state index contributed by atoms with van der Waals surface area (Å²) in [6, 6.07) is 0. The molecule has 1 atom stereocenters. The summed E-state index contributed by atoms with van der Waals surface area (Å²) in [5, 5.41) is 0. The number of hydrogen-bond acceptors (Lipinski definition) is 3. The van der Waals surface area contributed by atoms with Gasteiger partial charge >= 0.3 is 0 Å². The minimum atomic E-state index is -3.10. The van der Waals surface area contributed by atoms with E-state index in [0.717, 1.165) is 12.6 Å². The lowest BCUT2D eigenvalue weighted by atomic mass is 10.6. The predicted molar refractivity (Wildman–Crippen MR) is 37.2 cm³/mol. The highest BCUT2D eigenvalue weighted by molar-refractivity contribution is 7.91. The van der Waals surface area contributed by atoms with Crippen molar-refractivity contribution in [3.8, 4) is 0 Å². The van der Waals surface area contributed by atoms with E-state index in [1.165, 1.54) is 0 Å². The highest BCUT2D eigenvalue weighted by Crippen LogP contribution is 2.38. The van der Waals surface area contributed by atoms with Crippen LogP contribution in [0.2, 0.25) is 0 Å². The van der Waals surface area contributed by atoms with Gasteiger partial charge in [-0.2, -0.15) is 8.42 Å². The van der Waals surface area contributed by atoms with E-state index in [9.17, 15) is 8.42 Å². The fraction of sp³-hybridized carbons (Fsp3) is 1.00. The highest BCUT2D eigenvalue weighted by Gasteiger charge is 2.21. The molecule has 1 unspecified atom stereocenters. The molecule has 9 heavy (non-hydrogen) atoms. The van der Waals surface area contributed by atoms with Crippen molar-refractivity contribution in [2.75, 3.05) is 18.6 Å². The minimum absolute atomic E-state index is 0.208. The van der Waals surface area contributed by atoms with Gasteiger partial charge in [-0.15, -0.1) is 0 Å². The lowest BCUT2D eigenvalue weighted by molar-refractivity contribution is 0.500. The molecule has 0 bridgehead atoms. The molecule has 1 saturated heterocycles. The molecule has 5 heteroatoms. The molecule has 0 spiro atoms. The first-order valence-electron chi connectivity index (χ1n) is 2.73. The second-order valence-electron chi connectivity index (χ2n) is 2.04. The highest BCUT2D eigenvalue weighted by atomic mass is 32.2. The molecule has 1 fully saturated rings. The maximum Gasteiger partial charge on any atom is 0.270 e. The average molecular weight is 168 g/mol. The van der Waals surface area contributed by atoms with Crippen LogP contribution in [-0.2, 0) is 14.1 Å². The Bertz CT molecular complexity index is 186. The topological polar surface area (TPSA) is 43.4 Å². The van der Waals surface area contributed by atoms with E-state index >= 15 is 0 Å². The van der Waals surface area contributed by atoms with Crippen LogP contribution in [0.25, 0.3) is 0 Å². The van der Waals surface area contributed by atoms with Crippen LogP contribution in [-0.4, -0.2) is 27.0 Å². The quantitative estimate of drug-likeness (QED) is 0.501. The third-order valence-electron chi connectivity index (χ3n) is 1.11. The van der Waals surface area contributed by atoms with Crippen LogP contribution < -0.4 is 0 Å². The van der Waals surface area contributed by atoms with Crippen molar-refractivity contribution in [2.24, 2.45) is 0 Å². The van der Waals surface area contributed by atoms with Crippen molar-refractivity contribution < 1.29 is 12.4 Å². The summed E-state index contributed by atoms with van der Waals surface area (Å²) in [7, 11) is -3.77. The zero-order chi connectivity index (χ0) is 6.91. The van der Waals surface area contributed by atoms with Gasteiger partial charge in [0, 0.05) is 8.15 Å². The monoisotopic (exact) mass is 168 g/mol. The van der Waals surface area contributed by atoms with E-state index in [-0.39, 0.29) is 5.75 Å². The van der Waals surface area contributed by atoms with Crippen molar-refractivity contribution in [2.45, 2.75) is 6.42 Å². The van der Waals surface area contributed by atoms with Crippen LogP contribution in [0.3, 0.4) is 0 Å². The third-order valence-corrected chi connectivity index (χ3v) is 4.77. The summed E-state index contributed by atoms with van der Waals surface area (Å²) in [6.45, 7) is 1.84. The van der Waals surface area contributed by atoms with Gasteiger partial charge < -0.3 is 0 Å². The smallest absolute Gasteiger partial charge is 0.248 e. The Labute approximate surface area is 56.4 Å². The first kappa shape index (κ1) is 7.45. The summed E-state index contributed by atoms with van der Waals surface area (Å²) in [5.74, 6) is 0.208. The standard InChI is InChI=1S/C4H9O3PS/c1-8-3-2-4-9(5,6)7-8/h2-4H2,1H3. The van der Waals surface area contributed by atoms with Crippen LogP contribution in [0.5, 0.6) is 0 Å². The molecule has 54 valence electrons. The van der Waals surface area contributed by atoms with E-state index in [1.54, 1.807) is 0 Å². The fourth-order valence-electron chi connectivity index (χ4n) is 0.732. The van der Waals surface area contributed by atoms with Crippen molar-refractivity contribution in [3.63, 3.8) is 0 Å². The molecule has 0 aromatic carbocycles. The van der Waals surface area contributed by atoms with Gasteiger partial charge in [-0.25, -0.2) is 3.97 Å². The number of hydrogen-bond donors (Lipinski definition) is 0. The van der Waals surface area contributed by atoms with Crippen LogP contribution in [0.4, 0.5) is 0 Å². The summed E-state index contributed by atoms with van der Waals surface area (Å²) < 4.78 is 26.0. The lowest BCUT2D eigenvalue weighted by Gasteiger charge is -2.17. The third kappa shape index (κ3) is 2.20. The van der Waals surface area contributed by atoms with Gasteiger partial charge in [0.2, 0.25) is 0 Å². The Hall–Kier alpha value is 0.340. The van der Waals surface area contributed by atoms with E-state index in [2.05, 4.69) is 0 Å². The maximum absolute atomic E-state index is 10.7. The summed E-state index contributed by atoms with van der Waals surface area (Å²) in [5.41, 5.74) is 0. The molecule has 0 aliphatic carbocycles. The SMILES string of the molecule is CP1CCCS(=O)(=O)O1. The lowest BCUT2D eigenvalue weighted by Crippen LogP contribution is -2.14. The Morgan fingerprint density at radius 3 is 2.56 bits per heavy atom. The van der Waals surface area contributed by atoms with Crippen molar-refractivity contribution >= 4 is 18.3 Å². The van der Waals surface area contributed by atoms with Gasteiger partial charge in [-0.05, 0) is 19.2 Å². The van der Waals surface area contributed by atoms with E-state index in [0.29, 0.717) is 0 Å². The summed E-state index contributed by atoms with van der Waals surface area (Å²) >= 11 is 0. The van der Waals surface area contributed by atoms with Gasteiger partial charge in [0.25, 0.3) is 10.1 Å². The van der Waals surface area contributed by atoms with Gasteiger partial charge in [-0.3, -0.25) is 0 Å². The molecule has 0 radical (unpaired) electrons. The molecular formula is C4H9O3PS. The maximum atomic E-state index is 10.7. The molecule has 0 aromatic heterocycles. The zero-order valence-corrected chi connectivity index (χ0v) is 6.91. The van der Waals surface area contributed by atoms with Gasteiger partial charge in [0.1, 0.15) is 0 Å². The summed E-state index contributed by atoms with van der Waals surface area (Å²) in [4.78, 5) is 0. The van der Waals surface area contributed by atoms with Crippen LogP contribution in [0, 0.1) is 0 Å². The average Bonchev–Trinajstić information content (AvgIpc) is 1.60. The fourth-order valence-corrected chi connectivity index (χ4v) is 4.19. The molecule has 1 aliphatic heterocycles. The van der Waals surface area contributed by atoms with Crippen molar-refractivity contribution in [3.05, 3.63) is 0 Å².